The van der Waals surface area contributed by atoms with Crippen LogP contribution in [0.3, 0.4) is 0 Å². The number of amides is 3. The summed E-state index contributed by atoms with van der Waals surface area (Å²) in [4.78, 5) is 39.3. The van der Waals surface area contributed by atoms with Gasteiger partial charge >= 0.3 is 0 Å². The molecule has 5 N–H and O–H groups in total. The minimum absolute atomic E-state index is 0.0811. The number of primary amides is 2. The lowest BCUT2D eigenvalue weighted by atomic mass is 9.68. The summed E-state index contributed by atoms with van der Waals surface area (Å²) >= 11 is 0. The summed E-state index contributed by atoms with van der Waals surface area (Å²) in [6.45, 7) is 4.02. The molecule has 4 atom stereocenters. The highest BCUT2D eigenvalue weighted by molar-refractivity contribution is 5.94. The van der Waals surface area contributed by atoms with Crippen molar-refractivity contribution in [2.24, 2.45) is 17.4 Å². The summed E-state index contributed by atoms with van der Waals surface area (Å²) in [7, 11) is 0. The Kier molecular flexibility index (Phi) is 7.26. The summed E-state index contributed by atoms with van der Waals surface area (Å²) in [5, 5.41) is 21.8. The third-order valence-corrected chi connectivity index (χ3v) is 9.25. The first kappa shape index (κ1) is 28.6. The van der Waals surface area contributed by atoms with Crippen LogP contribution in [0.5, 0.6) is 0 Å². The predicted octanol–water partition coefficient (Wildman–Crippen LogP) is 2.14. The average molecular weight is 582 g/mol. The maximum Gasteiger partial charge on any atom is 0.248 e. The minimum atomic E-state index is -0.978. The predicted molar refractivity (Wildman–Crippen MR) is 156 cm³/mol. The van der Waals surface area contributed by atoms with E-state index >= 15 is 0 Å². The van der Waals surface area contributed by atoms with Gasteiger partial charge in [-0.1, -0.05) is 19.1 Å². The second-order valence-corrected chi connectivity index (χ2v) is 12.0. The van der Waals surface area contributed by atoms with E-state index in [0.29, 0.717) is 54.5 Å². The number of nitrogens with one attached hydrogen (secondary N) is 1. The van der Waals surface area contributed by atoms with E-state index in [0.717, 1.165) is 35.1 Å². The number of rotatable bonds is 9. The Hall–Kier alpha value is -4.56. The van der Waals surface area contributed by atoms with Crippen molar-refractivity contribution in [2.75, 3.05) is 6.54 Å². The van der Waals surface area contributed by atoms with Gasteiger partial charge in [0.15, 0.2) is 0 Å². The van der Waals surface area contributed by atoms with Crippen LogP contribution in [0.2, 0.25) is 0 Å². The van der Waals surface area contributed by atoms with Crippen LogP contribution in [-0.2, 0) is 29.5 Å². The molecule has 1 aromatic heterocycles. The minimum Gasteiger partial charge on any atom is -0.424 e. The van der Waals surface area contributed by atoms with E-state index in [1.165, 1.54) is 0 Å². The molecule has 2 aromatic carbocycles. The number of hydrogen-bond donors (Lipinski definition) is 3. The van der Waals surface area contributed by atoms with E-state index in [4.69, 9.17) is 15.9 Å². The quantitative estimate of drug-likeness (QED) is 0.343. The van der Waals surface area contributed by atoms with Gasteiger partial charge in [-0.15, -0.1) is 10.2 Å². The molecule has 0 radical (unpaired) electrons. The van der Waals surface area contributed by atoms with E-state index < -0.39 is 17.2 Å². The highest BCUT2D eigenvalue weighted by Crippen LogP contribution is 2.49. The normalized spacial score (nSPS) is 22.0. The van der Waals surface area contributed by atoms with Gasteiger partial charge in [-0.05, 0) is 91.5 Å². The molecule has 0 spiro atoms. The van der Waals surface area contributed by atoms with Gasteiger partial charge in [0.05, 0.1) is 12.6 Å². The summed E-state index contributed by atoms with van der Waals surface area (Å²) < 4.78 is 6.31. The van der Waals surface area contributed by atoms with Crippen molar-refractivity contribution in [2.45, 2.75) is 75.9 Å². The molecule has 1 unspecified atom stereocenters. The monoisotopic (exact) mass is 581 g/mol. The fraction of sp³-hybridized carbons (Fsp3) is 0.438. The topological polar surface area (TPSA) is 181 Å². The molecule has 11 nitrogen and oxygen atoms in total. The fourth-order valence-electron chi connectivity index (χ4n) is 7.08. The Bertz CT molecular complexity index is 1590. The van der Waals surface area contributed by atoms with E-state index in [9.17, 15) is 19.6 Å². The van der Waals surface area contributed by atoms with Gasteiger partial charge in [0.1, 0.15) is 11.5 Å². The average Bonchev–Trinajstić information content (AvgIpc) is 3.44. The number of aryl methyl sites for hydroxylation is 3. The number of fused-ring (bicyclic) bond motifs is 3. The number of likely N-dealkylation sites (tertiary alicyclic amines) is 1. The molecule has 43 heavy (non-hydrogen) atoms. The largest absolute Gasteiger partial charge is 0.424 e. The zero-order valence-electron chi connectivity index (χ0n) is 24.3. The van der Waals surface area contributed by atoms with Crippen molar-refractivity contribution in [1.29, 1.82) is 5.26 Å². The van der Waals surface area contributed by atoms with Gasteiger partial charge in [0.25, 0.3) is 0 Å². The molecule has 2 aliphatic carbocycles. The first-order valence-corrected chi connectivity index (χ1v) is 14.8. The molecule has 2 fully saturated rings. The number of nitrogens with zero attached hydrogens (tertiary/aromatic N) is 4. The molecule has 3 aliphatic rings. The molecule has 222 valence electrons. The van der Waals surface area contributed by atoms with E-state index in [-0.39, 0.29) is 30.6 Å². The number of carbonyl (C=O) groups is 3. The number of carbonyl (C=O) groups excluding carboxylic acids is 3. The molecule has 1 saturated carbocycles. The van der Waals surface area contributed by atoms with Crippen LogP contribution in [0, 0.1) is 17.2 Å². The van der Waals surface area contributed by atoms with E-state index in [1.54, 1.807) is 17.0 Å². The number of nitriles is 1. The van der Waals surface area contributed by atoms with Gasteiger partial charge in [0, 0.05) is 29.6 Å². The molecular formula is C32H35N7O4. The second-order valence-electron chi connectivity index (χ2n) is 12.0. The lowest BCUT2D eigenvalue weighted by Gasteiger charge is -2.36. The van der Waals surface area contributed by atoms with Crippen molar-refractivity contribution in [3.8, 4) is 6.07 Å². The van der Waals surface area contributed by atoms with E-state index in [1.807, 2.05) is 38.1 Å². The maximum atomic E-state index is 13.3. The molecule has 3 amide bonds. The van der Waals surface area contributed by atoms with Gasteiger partial charge in [-0.3, -0.25) is 14.4 Å². The Labute approximate surface area is 249 Å². The highest BCUT2D eigenvalue weighted by Gasteiger charge is 2.54. The van der Waals surface area contributed by atoms with Crippen LogP contribution >= 0.6 is 0 Å². The number of nitrogens with two attached hydrogens (primary N) is 2. The molecule has 3 aromatic rings. The first-order chi connectivity index (χ1) is 20.7. The Morgan fingerprint density at radius 3 is 2.23 bits per heavy atom. The van der Waals surface area contributed by atoms with Gasteiger partial charge in [0.2, 0.25) is 29.5 Å². The smallest absolute Gasteiger partial charge is 0.248 e. The zero-order chi connectivity index (χ0) is 30.5. The van der Waals surface area contributed by atoms with Gasteiger partial charge in [-0.25, -0.2) is 0 Å². The standard InChI is InChI=1S/C32H35N7O4/c1-3-27-37-38-31(43-27)32(14-17(2)36-16-28(40)39-23(15-33)12-22-13-26(22)39)24-8-6-20(29(34)41)10-18(24)4-5-19-11-21(30(35)42)7-9-25(19)32/h6-11,17,22-23,26,36H,3-5,12-14,16H2,1-2H3,(H2,34,41)(H2,35,42)/t17-,22+,23?,26-/m0/s1. The van der Waals surface area contributed by atoms with Crippen molar-refractivity contribution >= 4 is 17.7 Å². The molecule has 2 heterocycles. The van der Waals surface area contributed by atoms with Crippen LogP contribution in [0.15, 0.2) is 40.8 Å². The Balaban J connectivity index is 1.43. The van der Waals surface area contributed by atoms with Crippen LogP contribution in [-0.4, -0.2) is 57.5 Å². The summed E-state index contributed by atoms with van der Waals surface area (Å²) in [6, 6.07) is 12.7. The number of hydrogen-bond acceptors (Lipinski definition) is 8. The lowest BCUT2D eigenvalue weighted by molar-refractivity contribution is -0.131. The number of aromatic nitrogens is 2. The van der Waals surface area contributed by atoms with Crippen LogP contribution in [0.25, 0.3) is 0 Å². The van der Waals surface area contributed by atoms with Crippen molar-refractivity contribution in [3.05, 3.63) is 81.6 Å². The number of benzene rings is 2. The highest BCUT2D eigenvalue weighted by atomic mass is 16.4. The van der Waals surface area contributed by atoms with Crippen LogP contribution < -0.4 is 16.8 Å². The summed E-state index contributed by atoms with van der Waals surface area (Å²) in [5.41, 5.74) is 14.7. The molecule has 1 aliphatic heterocycles. The number of piperidine rings is 1. The SMILES string of the molecule is CCc1nnc(C2(C[C@H](C)NCC(=O)N3C(C#N)C[C@@H]4C[C@@H]43)c3ccc(C(N)=O)cc3CCc3cc(C(N)=O)ccc32)o1. The first-order valence-electron chi connectivity index (χ1n) is 14.8. The third-order valence-electron chi connectivity index (χ3n) is 9.25. The molecule has 11 heteroatoms. The summed E-state index contributed by atoms with van der Waals surface area (Å²) in [6.07, 6.45) is 3.84. The lowest BCUT2D eigenvalue weighted by Crippen LogP contribution is -2.46. The maximum absolute atomic E-state index is 13.3. The van der Waals surface area contributed by atoms with Crippen molar-refractivity contribution in [1.82, 2.24) is 20.4 Å². The molecule has 1 saturated heterocycles. The Morgan fingerprint density at radius 2 is 1.70 bits per heavy atom. The molecule has 6 rings (SSSR count). The van der Waals surface area contributed by atoms with Crippen molar-refractivity contribution in [3.63, 3.8) is 0 Å². The Morgan fingerprint density at radius 1 is 1.07 bits per heavy atom. The van der Waals surface area contributed by atoms with Crippen LogP contribution in [0.1, 0.15) is 87.9 Å². The zero-order valence-corrected chi connectivity index (χ0v) is 24.3. The van der Waals surface area contributed by atoms with Gasteiger partial charge in [-0.2, -0.15) is 5.26 Å². The van der Waals surface area contributed by atoms with E-state index in [2.05, 4.69) is 21.6 Å². The van der Waals surface area contributed by atoms with Gasteiger partial charge < -0.3 is 26.1 Å². The third kappa shape index (κ3) is 4.95. The second kappa shape index (κ2) is 10.9. The molecular weight excluding hydrogens is 546 g/mol. The van der Waals surface area contributed by atoms with Crippen molar-refractivity contribution < 1.29 is 18.8 Å². The molecule has 0 bridgehead atoms. The van der Waals surface area contributed by atoms with Crippen LogP contribution in [0.4, 0.5) is 0 Å². The fourth-order valence-corrected chi connectivity index (χ4v) is 7.08. The summed E-state index contributed by atoms with van der Waals surface area (Å²) in [5.74, 6) is 0.173.